The largest absolute Gasteiger partial charge is 0.490 e. The first-order valence-corrected chi connectivity index (χ1v) is 8.56. The van der Waals surface area contributed by atoms with Gasteiger partial charge >= 0.3 is 5.97 Å². The van der Waals surface area contributed by atoms with Crippen molar-refractivity contribution in [1.29, 1.82) is 0 Å². The SMILES string of the molecule is CCOc1cc(C(=O)NC2CCN(C(C)C)C2=O)ccc1OCC(=O)O. The molecule has 8 heteroatoms. The molecule has 26 heavy (non-hydrogen) atoms. The minimum Gasteiger partial charge on any atom is -0.490 e. The maximum absolute atomic E-state index is 12.5. The van der Waals surface area contributed by atoms with Crippen molar-refractivity contribution < 1.29 is 29.0 Å². The molecule has 0 aromatic heterocycles. The van der Waals surface area contributed by atoms with Gasteiger partial charge in [0.15, 0.2) is 18.1 Å². The molecule has 1 fully saturated rings. The molecular formula is C18H24N2O6. The molecule has 0 spiro atoms. The normalized spacial score (nSPS) is 16.7. The number of rotatable bonds is 8. The van der Waals surface area contributed by atoms with Gasteiger partial charge in [0.05, 0.1) is 6.61 Å². The molecule has 1 saturated heterocycles. The lowest BCUT2D eigenvalue weighted by molar-refractivity contribution is -0.139. The summed E-state index contributed by atoms with van der Waals surface area (Å²) in [4.78, 5) is 37.2. The second kappa shape index (κ2) is 8.55. The Labute approximate surface area is 152 Å². The van der Waals surface area contributed by atoms with Crippen LogP contribution in [0.3, 0.4) is 0 Å². The third-order valence-corrected chi connectivity index (χ3v) is 4.03. The highest BCUT2D eigenvalue weighted by atomic mass is 16.5. The van der Waals surface area contributed by atoms with E-state index in [9.17, 15) is 14.4 Å². The van der Waals surface area contributed by atoms with Crippen molar-refractivity contribution >= 4 is 17.8 Å². The van der Waals surface area contributed by atoms with E-state index in [0.29, 0.717) is 25.1 Å². The van der Waals surface area contributed by atoms with Gasteiger partial charge in [-0.15, -0.1) is 0 Å². The summed E-state index contributed by atoms with van der Waals surface area (Å²) in [5, 5.41) is 11.5. The molecule has 2 amide bonds. The molecule has 0 radical (unpaired) electrons. The van der Waals surface area contributed by atoms with Gasteiger partial charge in [0, 0.05) is 18.2 Å². The smallest absolute Gasteiger partial charge is 0.341 e. The molecule has 0 saturated carbocycles. The van der Waals surface area contributed by atoms with E-state index in [2.05, 4.69) is 5.32 Å². The van der Waals surface area contributed by atoms with E-state index in [0.717, 1.165) is 0 Å². The van der Waals surface area contributed by atoms with Gasteiger partial charge in [-0.05, 0) is 45.4 Å². The molecule has 1 aromatic carbocycles. The Morgan fingerprint density at radius 1 is 1.31 bits per heavy atom. The molecule has 0 aliphatic carbocycles. The fourth-order valence-corrected chi connectivity index (χ4v) is 2.77. The first-order valence-electron chi connectivity index (χ1n) is 8.56. The summed E-state index contributed by atoms with van der Waals surface area (Å²) in [6.07, 6.45) is 0.570. The number of carboxylic acid groups (broad SMARTS) is 1. The Kier molecular flexibility index (Phi) is 6.43. The highest BCUT2D eigenvalue weighted by molar-refractivity contribution is 5.98. The third kappa shape index (κ3) is 4.65. The fraction of sp³-hybridized carbons (Fsp3) is 0.500. The van der Waals surface area contributed by atoms with Gasteiger partial charge in [-0.1, -0.05) is 0 Å². The van der Waals surface area contributed by atoms with Crippen molar-refractivity contribution in [1.82, 2.24) is 10.2 Å². The van der Waals surface area contributed by atoms with Gasteiger partial charge in [-0.2, -0.15) is 0 Å². The average molecular weight is 364 g/mol. The molecule has 2 rings (SSSR count). The first kappa shape index (κ1) is 19.6. The van der Waals surface area contributed by atoms with Gasteiger partial charge in [0.1, 0.15) is 6.04 Å². The van der Waals surface area contributed by atoms with Crippen LogP contribution in [0.25, 0.3) is 0 Å². The zero-order chi connectivity index (χ0) is 19.3. The maximum Gasteiger partial charge on any atom is 0.341 e. The van der Waals surface area contributed by atoms with E-state index in [1.54, 1.807) is 11.8 Å². The van der Waals surface area contributed by atoms with Gasteiger partial charge < -0.3 is 24.8 Å². The summed E-state index contributed by atoms with van der Waals surface area (Å²) in [6, 6.07) is 4.03. The predicted octanol–water partition coefficient (Wildman–Crippen LogP) is 1.29. The van der Waals surface area contributed by atoms with Gasteiger partial charge in [0.25, 0.3) is 5.91 Å². The number of nitrogens with zero attached hydrogens (tertiary/aromatic N) is 1. The Hall–Kier alpha value is -2.77. The molecule has 0 bridgehead atoms. The number of amides is 2. The second-order valence-electron chi connectivity index (χ2n) is 6.22. The van der Waals surface area contributed by atoms with Crippen LogP contribution in [0.15, 0.2) is 18.2 Å². The number of nitrogens with one attached hydrogen (secondary N) is 1. The standard InChI is InChI=1S/C18H24N2O6/c1-4-25-15-9-12(5-6-14(15)26-10-16(21)22)17(23)19-13-7-8-20(11(2)3)18(13)24/h5-6,9,11,13H,4,7-8,10H2,1-3H3,(H,19,23)(H,21,22). The minimum atomic E-state index is -1.11. The zero-order valence-corrected chi connectivity index (χ0v) is 15.2. The Bertz CT molecular complexity index is 688. The quantitative estimate of drug-likeness (QED) is 0.720. The topological polar surface area (TPSA) is 105 Å². The monoisotopic (exact) mass is 364 g/mol. The molecule has 142 valence electrons. The van der Waals surface area contributed by atoms with Crippen LogP contribution < -0.4 is 14.8 Å². The Morgan fingerprint density at radius 3 is 2.62 bits per heavy atom. The number of likely N-dealkylation sites (tertiary alicyclic amines) is 1. The lowest BCUT2D eigenvalue weighted by Crippen LogP contribution is -2.43. The second-order valence-corrected chi connectivity index (χ2v) is 6.22. The van der Waals surface area contributed by atoms with Crippen LogP contribution in [0, 0.1) is 0 Å². The number of carbonyl (C=O) groups is 3. The number of benzene rings is 1. The van der Waals surface area contributed by atoms with Crippen molar-refractivity contribution in [2.75, 3.05) is 19.8 Å². The van der Waals surface area contributed by atoms with E-state index in [1.807, 2.05) is 13.8 Å². The maximum atomic E-state index is 12.5. The van der Waals surface area contributed by atoms with Crippen LogP contribution in [0.5, 0.6) is 11.5 Å². The number of aliphatic carboxylic acids is 1. The summed E-state index contributed by atoms with van der Waals surface area (Å²) >= 11 is 0. The minimum absolute atomic E-state index is 0.0835. The molecule has 1 atom stereocenters. The number of carboxylic acids is 1. The summed E-state index contributed by atoms with van der Waals surface area (Å²) in [5.74, 6) is -1.06. The van der Waals surface area contributed by atoms with Crippen LogP contribution in [0.2, 0.25) is 0 Å². The number of hydrogen-bond donors (Lipinski definition) is 2. The predicted molar refractivity (Wildman–Crippen MR) is 93.5 cm³/mol. The van der Waals surface area contributed by atoms with E-state index >= 15 is 0 Å². The Morgan fingerprint density at radius 2 is 2.04 bits per heavy atom. The molecule has 8 nitrogen and oxygen atoms in total. The molecule has 2 N–H and O–H groups in total. The van der Waals surface area contributed by atoms with Gasteiger partial charge in [-0.3, -0.25) is 9.59 Å². The van der Waals surface area contributed by atoms with Crippen LogP contribution in [0.1, 0.15) is 37.6 Å². The van der Waals surface area contributed by atoms with Crippen molar-refractivity contribution in [2.45, 2.75) is 39.3 Å². The van der Waals surface area contributed by atoms with Crippen LogP contribution in [0.4, 0.5) is 0 Å². The van der Waals surface area contributed by atoms with Gasteiger partial charge in [-0.25, -0.2) is 4.79 Å². The third-order valence-electron chi connectivity index (χ3n) is 4.03. The van der Waals surface area contributed by atoms with Crippen molar-refractivity contribution in [3.63, 3.8) is 0 Å². The summed E-state index contributed by atoms with van der Waals surface area (Å²) in [7, 11) is 0. The first-order chi connectivity index (χ1) is 12.3. The number of hydrogen-bond acceptors (Lipinski definition) is 5. The number of ether oxygens (including phenoxy) is 2. The van der Waals surface area contributed by atoms with E-state index in [-0.39, 0.29) is 29.4 Å². The molecule has 1 heterocycles. The molecular weight excluding hydrogens is 340 g/mol. The number of carbonyl (C=O) groups excluding carboxylic acids is 2. The highest BCUT2D eigenvalue weighted by Gasteiger charge is 2.34. The van der Waals surface area contributed by atoms with Crippen LogP contribution >= 0.6 is 0 Å². The molecule has 1 aliphatic rings. The van der Waals surface area contributed by atoms with E-state index in [4.69, 9.17) is 14.6 Å². The Balaban J connectivity index is 2.10. The summed E-state index contributed by atoms with van der Waals surface area (Å²) in [5.41, 5.74) is 0.312. The molecule has 1 aliphatic heterocycles. The van der Waals surface area contributed by atoms with E-state index < -0.39 is 18.6 Å². The molecule has 1 aromatic rings. The lowest BCUT2D eigenvalue weighted by Gasteiger charge is -2.21. The van der Waals surface area contributed by atoms with Crippen molar-refractivity contribution in [3.05, 3.63) is 23.8 Å². The average Bonchev–Trinajstić information content (AvgIpc) is 2.94. The fourth-order valence-electron chi connectivity index (χ4n) is 2.77. The molecule has 1 unspecified atom stereocenters. The highest BCUT2D eigenvalue weighted by Crippen LogP contribution is 2.28. The summed E-state index contributed by atoms with van der Waals surface area (Å²) in [6.45, 7) is 6.09. The van der Waals surface area contributed by atoms with Crippen molar-refractivity contribution in [3.8, 4) is 11.5 Å². The van der Waals surface area contributed by atoms with Crippen LogP contribution in [-0.4, -0.2) is 59.6 Å². The zero-order valence-electron chi connectivity index (χ0n) is 15.2. The van der Waals surface area contributed by atoms with Crippen LogP contribution in [-0.2, 0) is 9.59 Å². The van der Waals surface area contributed by atoms with E-state index in [1.165, 1.54) is 18.2 Å². The van der Waals surface area contributed by atoms with Gasteiger partial charge in [0.2, 0.25) is 5.91 Å². The van der Waals surface area contributed by atoms with Crippen molar-refractivity contribution in [2.24, 2.45) is 0 Å². The summed E-state index contributed by atoms with van der Waals surface area (Å²) < 4.78 is 10.6. The lowest BCUT2D eigenvalue weighted by atomic mass is 10.1.